The second-order valence-corrected chi connectivity index (χ2v) is 6.35. The minimum Gasteiger partial charge on any atom is -0.384 e. The highest BCUT2D eigenvalue weighted by Crippen LogP contribution is 2.14. The number of nitrogens with two attached hydrogens (primary N) is 1. The van der Waals surface area contributed by atoms with Crippen molar-refractivity contribution in [1.29, 1.82) is 5.26 Å². The molecule has 0 spiro atoms. The van der Waals surface area contributed by atoms with Crippen LogP contribution < -0.4 is 11.1 Å². The van der Waals surface area contributed by atoms with Crippen LogP contribution >= 0.6 is 0 Å². The lowest BCUT2D eigenvalue weighted by molar-refractivity contribution is 0.0950. The van der Waals surface area contributed by atoms with E-state index in [0.29, 0.717) is 30.0 Å². The van der Waals surface area contributed by atoms with Crippen LogP contribution in [0.2, 0.25) is 0 Å². The Bertz CT molecular complexity index is 1010. The van der Waals surface area contributed by atoms with Gasteiger partial charge < -0.3 is 11.1 Å². The highest BCUT2D eigenvalue weighted by atomic mass is 16.1. The monoisotopic (exact) mass is 360 g/mol. The fraction of sp³-hybridized carbons (Fsp3) is 0.200. The number of anilines is 1. The van der Waals surface area contributed by atoms with Crippen molar-refractivity contribution in [2.24, 2.45) is 0 Å². The van der Waals surface area contributed by atoms with Crippen molar-refractivity contribution in [2.45, 2.75) is 26.9 Å². The number of amides is 1. The Labute approximate surface area is 157 Å². The Morgan fingerprint density at radius 2 is 2.15 bits per heavy atom. The van der Waals surface area contributed by atoms with E-state index >= 15 is 0 Å². The number of hydrogen-bond donors (Lipinski definition) is 2. The summed E-state index contributed by atoms with van der Waals surface area (Å²) < 4.78 is 1.67. The van der Waals surface area contributed by atoms with E-state index in [2.05, 4.69) is 21.5 Å². The topological polar surface area (TPSA) is 110 Å². The van der Waals surface area contributed by atoms with Gasteiger partial charge in [-0.05, 0) is 48.7 Å². The van der Waals surface area contributed by atoms with Gasteiger partial charge in [0.1, 0.15) is 5.82 Å². The molecule has 1 aromatic carbocycles. The molecule has 3 N–H and O–H groups in total. The predicted molar refractivity (Wildman–Crippen MR) is 102 cm³/mol. The van der Waals surface area contributed by atoms with Crippen molar-refractivity contribution in [1.82, 2.24) is 20.1 Å². The van der Waals surface area contributed by atoms with Crippen LogP contribution in [0, 0.1) is 25.2 Å². The highest BCUT2D eigenvalue weighted by molar-refractivity contribution is 5.93. The lowest BCUT2D eigenvalue weighted by Crippen LogP contribution is -2.23. The fourth-order valence-electron chi connectivity index (χ4n) is 2.92. The van der Waals surface area contributed by atoms with E-state index in [0.717, 1.165) is 22.4 Å². The molecule has 7 nitrogen and oxygen atoms in total. The van der Waals surface area contributed by atoms with Crippen molar-refractivity contribution in [3.8, 4) is 6.07 Å². The van der Waals surface area contributed by atoms with E-state index in [4.69, 9.17) is 11.0 Å². The molecule has 136 valence electrons. The van der Waals surface area contributed by atoms with Gasteiger partial charge in [-0.1, -0.05) is 12.1 Å². The summed E-state index contributed by atoms with van der Waals surface area (Å²) in [5.74, 6) is 0.268. The minimum absolute atomic E-state index is 0.206. The number of carbonyl (C=O) groups excluding carboxylic acids is 1. The first-order chi connectivity index (χ1) is 13.0. The molecule has 0 radical (unpaired) electrons. The van der Waals surface area contributed by atoms with Crippen LogP contribution in [0.3, 0.4) is 0 Å². The molecule has 0 bridgehead atoms. The molecule has 0 aliphatic heterocycles. The average Bonchev–Trinajstić information content (AvgIpc) is 3.09. The Balaban J connectivity index is 1.66. The molecule has 0 atom stereocenters. The van der Waals surface area contributed by atoms with Crippen LogP contribution in [-0.2, 0) is 13.1 Å². The number of hydrogen-bond acceptors (Lipinski definition) is 5. The molecule has 3 rings (SSSR count). The summed E-state index contributed by atoms with van der Waals surface area (Å²) in [5.41, 5.74) is 10.5. The Morgan fingerprint density at radius 1 is 1.33 bits per heavy atom. The van der Waals surface area contributed by atoms with Gasteiger partial charge in [-0.25, -0.2) is 4.98 Å². The van der Waals surface area contributed by atoms with E-state index < -0.39 is 0 Å². The molecule has 0 saturated carbocycles. The quantitative estimate of drug-likeness (QED) is 0.726. The molecule has 2 aromatic heterocycles. The first-order valence-electron chi connectivity index (χ1n) is 8.48. The molecule has 7 heteroatoms. The van der Waals surface area contributed by atoms with E-state index in [1.54, 1.807) is 29.1 Å². The molecule has 27 heavy (non-hydrogen) atoms. The SMILES string of the molecule is Cc1cc(N)nc(C)c1CNC(=O)c1cnn(Cc2cccc(C#N)c2)c1. The van der Waals surface area contributed by atoms with Crippen LogP contribution in [0.1, 0.15) is 38.3 Å². The van der Waals surface area contributed by atoms with Gasteiger partial charge in [0.05, 0.1) is 29.9 Å². The van der Waals surface area contributed by atoms with Gasteiger partial charge in [-0.15, -0.1) is 0 Å². The number of carbonyl (C=O) groups is 1. The number of rotatable bonds is 5. The molecular weight excluding hydrogens is 340 g/mol. The molecule has 3 aromatic rings. The van der Waals surface area contributed by atoms with E-state index in [1.807, 2.05) is 26.0 Å². The summed E-state index contributed by atoms with van der Waals surface area (Å²) in [4.78, 5) is 16.7. The lowest BCUT2D eigenvalue weighted by Gasteiger charge is -2.11. The summed E-state index contributed by atoms with van der Waals surface area (Å²) in [7, 11) is 0. The van der Waals surface area contributed by atoms with Crippen LogP contribution in [0.15, 0.2) is 42.7 Å². The number of aryl methyl sites for hydroxylation is 2. The van der Waals surface area contributed by atoms with Gasteiger partial charge >= 0.3 is 0 Å². The maximum Gasteiger partial charge on any atom is 0.254 e. The van der Waals surface area contributed by atoms with Crippen LogP contribution in [-0.4, -0.2) is 20.7 Å². The fourth-order valence-corrected chi connectivity index (χ4v) is 2.92. The van der Waals surface area contributed by atoms with E-state index in [-0.39, 0.29) is 5.91 Å². The zero-order valence-electron chi connectivity index (χ0n) is 15.2. The summed E-state index contributed by atoms with van der Waals surface area (Å²) in [6.45, 7) is 4.68. The molecule has 0 aliphatic rings. The third-order valence-corrected chi connectivity index (χ3v) is 4.30. The maximum absolute atomic E-state index is 12.4. The summed E-state index contributed by atoms with van der Waals surface area (Å²) >= 11 is 0. The molecule has 0 saturated heterocycles. The number of nitrogen functional groups attached to an aromatic ring is 1. The second-order valence-electron chi connectivity index (χ2n) is 6.35. The standard InChI is InChI=1S/C20H20N6O/c1-13-6-19(22)25-14(2)18(13)10-23-20(27)17-9-24-26(12-17)11-16-5-3-4-15(7-16)8-21/h3-7,9,12H,10-11H2,1-2H3,(H2,22,25)(H,23,27). The highest BCUT2D eigenvalue weighted by Gasteiger charge is 2.11. The van der Waals surface area contributed by atoms with Crippen LogP contribution in [0.5, 0.6) is 0 Å². The van der Waals surface area contributed by atoms with Crippen molar-refractivity contribution >= 4 is 11.7 Å². The van der Waals surface area contributed by atoms with Crippen molar-refractivity contribution in [3.05, 3.63) is 76.2 Å². The van der Waals surface area contributed by atoms with Crippen molar-refractivity contribution in [3.63, 3.8) is 0 Å². The van der Waals surface area contributed by atoms with Gasteiger partial charge in [0.25, 0.3) is 5.91 Å². The Morgan fingerprint density at radius 3 is 2.89 bits per heavy atom. The van der Waals surface area contributed by atoms with E-state index in [9.17, 15) is 4.79 Å². The maximum atomic E-state index is 12.4. The predicted octanol–water partition coefficient (Wildman–Crippen LogP) is 2.33. The van der Waals surface area contributed by atoms with Crippen LogP contribution in [0.25, 0.3) is 0 Å². The summed E-state index contributed by atoms with van der Waals surface area (Å²) in [6.07, 6.45) is 3.22. The van der Waals surface area contributed by atoms with Crippen molar-refractivity contribution < 1.29 is 4.79 Å². The number of aromatic nitrogens is 3. The third kappa shape index (κ3) is 4.30. The van der Waals surface area contributed by atoms with Gasteiger partial charge in [-0.2, -0.15) is 10.4 Å². The number of nitriles is 1. The normalized spacial score (nSPS) is 10.4. The molecule has 0 fully saturated rings. The van der Waals surface area contributed by atoms with Gasteiger partial charge in [0.2, 0.25) is 0 Å². The summed E-state index contributed by atoms with van der Waals surface area (Å²) in [5, 5.41) is 16.1. The Hall–Kier alpha value is -3.66. The molecular formula is C20H20N6O. The lowest BCUT2D eigenvalue weighted by atomic mass is 10.1. The number of benzene rings is 1. The average molecular weight is 360 g/mol. The van der Waals surface area contributed by atoms with Gasteiger partial charge in [0.15, 0.2) is 0 Å². The smallest absolute Gasteiger partial charge is 0.254 e. The minimum atomic E-state index is -0.206. The van der Waals surface area contributed by atoms with Gasteiger partial charge in [-0.3, -0.25) is 9.48 Å². The first kappa shape index (κ1) is 18.1. The van der Waals surface area contributed by atoms with E-state index in [1.165, 1.54) is 6.20 Å². The molecule has 1 amide bonds. The number of nitrogens with zero attached hydrogens (tertiary/aromatic N) is 4. The third-order valence-electron chi connectivity index (χ3n) is 4.30. The summed E-state index contributed by atoms with van der Waals surface area (Å²) in [6, 6.07) is 11.2. The zero-order chi connectivity index (χ0) is 19.4. The van der Waals surface area contributed by atoms with Crippen molar-refractivity contribution in [2.75, 3.05) is 5.73 Å². The second kappa shape index (κ2) is 7.70. The Kier molecular flexibility index (Phi) is 5.18. The first-order valence-corrected chi connectivity index (χ1v) is 8.48. The molecule has 2 heterocycles. The molecule has 0 unspecified atom stereocenters. The largest absolute Gasteiger partial charge is 0.384 e. The van der Waals surface area contributed by atoms with Crippen LogP contribution in [0.4, 0.5) is 5.82 Å². The number of pyridine rings is 1. The van der Waals surface area contributed by atoms with Gasteiger partial charge in [0, 0.05) is 18.4 Å². The zero-order valence-corrected chi connectivity index (χ0v) is 15.2. The number of nitrogens with one attached hydrogen (secondary N) is 1. The molecule has 0 aliphatic carbocycles.